The van der Waals surface area contributed by atoms with Gasteiger partial charge in [0.1, 0.15) is 10.4 Å². The van der Waals surface area contributed by atoms with Crippen LogP contribution in [0.15, 0.2) is 16.6 Å². The molecule has 0 radical (unpaired) electrons. The van der Waals surface area contributed by atoms with Crippen molar-refractivity contribution in [3.05, 3.63) is 16.6 Å². The van der Waals surface area contributed by atoms with Gasteiger partial charge in [0.2, 0.25) is 0 Å². The van der Waals surface area contributed by atoms with Gasteiger partial charge in [-0.2, -0.15) is 0 Å². The molecule has 0 atom stereocenters. The minimum absolute atomic E-state index is 0.462. The number of hydrogen-bond acceptors (Lipinski definition) is 1. The van der Waals surface area contributed by atoms with E-state index in [1.165, 1.54) is 0 Å². The van der Waals surface area contributed by atoms with E-state index in [2.05, 4.69) is 22.5 Å². The molecule has 0 aliphatic carbocycles. The van der Waals surface area contributed by atoms with Crippen LogP contribution in [0, 0.1) is 0 Å². The Morgan fingerprint density at radius 1 is 1.78 bits per heavy atom. The summed E-state index contributed by atoms with van der Waals surface area (Å²) in [6.45, 7) is 5.71. The highest BCUT2D eigenvalue weighted by molar-refractivity contribution is 9.12. The van der Waals surface area contributed by atoms with Crippen molar-refractivity contribution in [1.82, 2.24) is 0 Å². The van der Waals surface area contributed by atoms with Gasteiger partial charge >= 0.3 is 0 Å². The maximum atomic E-state index is 9.95. The van der Waals surface area contributed by atoms with E-state index in [4.69, 9.17) is 0 Å². The van der Waals surface area contributed by atoms with E-state index in [0.29, 0.717) is 4.48 Å². The van der Waals surface area contributed by atoms with Gasteiger partial charge < -0.3 is 0 Å². The molecule has 0 spiro atoms. The molecule has 0 aliphatic heterocycles. The predicted octanol–water partition coefficient (Wildman–Crippen LogP) is 2.45. The average Bonchev–Trinajstić information content (AvgIpc) is 1.87. The first-order chi connectivity index (χ1) is 4.22. The summed E-state index contributed by atoms with van der Waals surface area (Å²) in [5.74, 6) is 1.73. The number of allylic oxidation sites excluding steroid dienone is 2. The van der Waals surface area contributed by atoms with Crippen LogP contribution in [0.25, 0.3) is 0 Å². The Bertz CT molecular complexity index is 154. The minimum Gasteiger partial charge on any atom is -0.232 e. The Hall–Kier alpha value is -0.330. The Labute approximate surface area is 63.6 Å². The highest BCUT2D eigenvalue weighted by atomic mass is 79.9. The van der Waals surface area contributed by atoms with E-state index < -0.39 is 0 Å². The molecule has 0 N–H and O–H groups in total. The Balaban J connectivity index is 3.89. The van der Waals surface area contributed by atoms with E-state index in [1.807, 2.05) is 6.92 Å². The molecule has 0 aromatic carbocycles. The van der Waals surface area contributed by atoms with Crippen LogP contribution in [0.3, 0.4) is 0 Å². The van der Waals surface area contributed by atoms with Crippen LogP contribution in [-0.4, -0.2) is 5.94 Å². The lowest BCUT2D eigenvalue weighted by atomic mass is 10.2. The van der Waals surface area contributed by atoms with Crippen molar-refractivity contribution >= 4 is 21.9 Å². The summed E-state index contributed by atoms with van der Waals surface area (Å²) in [5.41, 5.74) is 0.826. The van der Waals surface area contributed by atoms with Gasteiger partial charge in [-0.3, -0.25) is 0 Å². The molecule has 0 heterocycles. The first-order valence-electron chi connectivity index (χ1n) is 2.81. The second kappa shape index (κ2) is 4.54. The molecular weight excluding hydrogens is 180 g/mol. The van der Waals surface area contributed by atoms with Crippen LogP contribution in [-0.2, 0) is 4.79 Å². The summed E-state index contributed by atoms with van der Waals surface area (Å²) in [4.78, 5) is 9.95. The molecule has 0 aromatic rings. The highest BCUT2D eigenvalue weighted by Gasteiger charge is 1.95. The summed E-state index contributed by atoms with van der Waals surface area (Å²) in [6, 6.07) is 0. The zero-order valence-corrected chi connectivity index (χ0v) is 6.99. The number of hydrogen-bond donors (Lipinski definition) is 0. The van der Waals surface area contributed by atoms with Gasteiger partial charge in [-0.15, -0.1) is 0 Å². The van der Waals surface area contributed by atoms with Crippen LogP contribution in [0.2, 0.25) is 0 Å². The maximum Gasteiger partial charge on any atom is 0.140 e. The molecule has 0 rings (SSSR count). The third-order valence-electron chi connectivity index (χ3n) is 0.952. The van der Waals surface area contributed by atoms with Crippen molar-refractivity contribution in [3.63, 3.8) is 0 Å². The summed E-state index contributed by atoms with van der Waals surface area (Å²) in [6.07, 6.45) is 1.87. The molecule has 50 valence electrons. The minimum atomic E-state index is 0.462. The second-order valence-corrected chi connectivity index (χ2v) is 2.56. The number of halogens is 1. The van der Waals surface area contributed by atoms with Crippen LogP contribution in [0.1, 0.15) is 19.8 Å². The van der Waals surface area contributed by atoms with Gasteiger partial charge in [0.05, 0.1) is 0 Å². The largest absolute Gasteiger partial charge is 0.232 e. The first kappa shape index (κ1) is 8.67. The molecule has 9 heavy (non-hydrogen) atoms. The smallest absolute Gasteiger partial charge is 0.140 e. The number of carbonyl (C=O) groups excluding carboxylic acids is 1. The fourth-order valence-electron chi connectivity index (χ4n) is 0.484. The van der Waals surface area contributed by atoms with Gasteiger partial charge in [0.25, 0.3) is 0 Å². The van der Waals surface area contributed by atoms with Crippen LogP contribution >= 0.6 is 15.9 Å². The van der Waals surface area contributed by atoms with Gasteiger partial charge in [0, 0.05) is 0 Å². The molecule has 0 unspecified atom stereocenters. The molecule has 2 heteroatoms. The summed E-state index contributed by atoms with van der Waals surface area (Å²) >= 11 is 3.04. The lowest BCUT2D eigenvalue weighted by molar-refractivity contribution is 0.568. The second-order valence-electron chi connectivity index (χ2n) is 1.77. The third kappa shape index (κ3) is 3.28. The van der Waals surface area contributed by atoms with Gasteiger partial charge in [-0.05, 0) is 27.9 Å². The van der Waals surface area contributed by atoms with E-state index in [1.54, 1.807) is 5.94 Å². The average molecular weight is 189 g/mol. The molecule has 0 saturated carbocycles. The molecule has 0 saturated heterocycles. The maximum absolute atomic E-state index is 9.95. The third-order valence-corrected chi connectivity index (χ3v) is 1.67. The monoisotopic (exact) mass is 188 g/mol. The SMILES string of the molecule is C=C(CCC)C(Br)=C=O. The van der Waals surface area contributed by atoms with E-state index in [-0.39, 0.29) is 0 Å². The highest BCUT2D eigenvalue weighted by Crippen LogP contribution is 2.15. The molecule has 0 bridgehead atoms. The van der Waals surface area contributed by atoms with Crippen molar-refractivity contribution < 1.29 is 4.79 Å². The molecule has 0 aliphatic rings. The summed E-state index contributed by atoms with van der Waals surface area (Å²) < 4.78 is 0.462. The predicted molar refractivity (Wildman–Crippen MR) is 42.2 cm³/mol. The fourth-order valence-corrected chi connectivity index (χ4v) is 0.682. The zero-order valence-electron chi connectivity index (χ0n) is 5.41. The normalized spacial score (nSPS) is 8.22. The van der Waals surface area contributed by atoms with Crippen molar-refractivity contribution in [2.24, 2.45) is 0 Å². The summed E-state index contributed by atoms with van der Waals surface area (Å²) in [7, 11) is 0. The van der Waals surface area contributed by atoms with Crippen LogP contribution < -0.4 is 0 Å². The lowest BCUT2D eigenvalue weighted by Gasteiger charge is -1.94. The van der Waals surface area contributed by atoms with Crippen molar-refractivity contribution in [1.29, 1.82) is 0 Å². The Morgan fingerprint density at radius 2 is 2.33 bits per heavy atom. The number of rotatable bonds is 3. The first-order valence-corrected chi connectivity index (χ1v) is 3.60. The van der Waals surface area contributed by atoms with Crippen LogP contribution in [0.5, 0.6) is 0 Å². The van der Waals surface area contributed by atoms with Crippen molar-refractivity contribution in [2.75, 3.05) is 0 Å². The van der Waals surface area contributed by atoms with Gasteiger partial charge in [0.15, 0.2) is 0 Å². The quantitative estimate of drug-likeness (QED) is 0.492. The van der Waals surface area contributed by atoms with Crippen molar-refractivity contribution in [2.45, 2.75) is 19.8 Å². The Morgan fingerprint density at radius 3 is 2.67 bits per heavy atom. The molecule has 1 nitrogen and oxygen atoms in total. The summed E-state index contributed by atoms with van der Waals surface area (Å²) in [5, 5.41) is 0. The van der Waals surface area contributed by atoms with Crippen LogP contribution in [0.4, 0.5) is 0 Å². The molecular formula is C7H9BrO. The van der Waals surface area contributed by atoms with Gasteiger partial charge in [-0.25, -0.2) is 4.79 Å². The molecule has 0 fully saturated rings. The van der Waals surface area contributed by atoms with E-state index >= 15 is 0 Å². The topological polar surface area (TPSA) is 17.1 Å². The molecule has 0 aromatic heterocycles. The van der Waals surface area contributed by atoms with E-state index in [9.17, 15) is 4.79 Å². The Kier molecular flexibility index (Phi) is 4.37. The van der Waals surface area contributed by atoms with Gasteiger partial charge in [-0.1, -0.05) is 19.9 Å². The lowest BCUT2D eigenvalue weighted by Crippen LogP contribution is -1.79. The van der Waals surface area contributed by atoms with Crippen molar-refractivity contribution in [3.8, 4) is 0 Å². The fraction of sp³-hybridized carbons (Fsp3) is 0.429. The zero-order chi connectivity index (χ0) is 7.28. The standard InChI is InChI=1S/C7H9BrO/c1-3-4-6(2)7(8)5-9/h2-4H2,1H3. The molecule has 0 amide bonds. The van der Waals surface area contributed by atoms with E-state index in [0.717, 1.165) is 18.4 Å².